The van der Waals surface area contributed by atoms with E-state index in [4.69, 9.17) is 0 Å². The first-order valence-electron chi connectivity index (χ1n) is 6.04. The van der Waals surface area contributed by atoms with Crippen molar-refractivity contribution in [2.24, 2.45) is 0 Å². The highest BCUT2D eigenvalue weighted by molar-refractivity contribution is 4.65. The standard InChI is InChI=1S/C12H28N2/c1-6-12(13(4)5)10-9-11-14(7-2)8-3/h12H,6-11H2,1-5H3. The SMILES string of the molecule is CCC(CCCN(CC)CC)N(C)C. The smallest absolute Gasteiger partial charge is 0.00870 e. The average Bonchev–Trinajstić information content (AvgIpc) is 2.18. The van der Waals surface area contributed by atoms with Gasteiger partial charge in [0.05, 0.1) is 0 Å². The molecule has 0 rings (SSSR count). The van der Waals surface area contributed by atoms with Crippen molar-refractivity contribution in [1.82, 2.24) is 9.80 Å². The number of nitrogens with zero attached hydrogens (tertiary/aromatic N) is 2. The molecule has 1 atom stereocenters. The van der Waals surface area contributed by atoms with Gasteiger partial charge in [0.25, 0.3) is 0 Å². The van der Waals surface area contributed by atoms with Crippen LogP contribution in [-0.4, -0.2) is 49.6 Å². The van der Waals surface area contributed by atoms with Crippen molar-refractivity contribution in [3.8, 4) is 0 Å². The highest BCUT2D eigenvalue weighted by atomic mass is 15.1. The second kappa shape index (κ2) is 8.25. The summed E-state index contributed by atoms with van der Waals surface area (Å²) < 4.78 is 0. The average molecular weight is 200 g/mol. The van der Waals surface area contributed by atoms with Crippen LogP contribution in [0.3, 0.4) is 0 Å². The minimum Gasteiger partial charge on any atom is -0.306 e. The molecular formula is C12H28N2. The van der Waals surface area contributed by atoms with Crippen LogP contribution in [0.2, 0.25) is 0 Å². The summed E-state index contributed by atoms with van der Waals surface area (Å²) in [7, 11) is 4.37. The third kappa shape index (κ3) is 5.61. The lowest BCUT2D eigenvalue weighted by Crippen LogP contribution is -2.29. The zero-order valence-corrected chi connectivity index (χ0v) is 10.7. The van der Waals surface area contributed by atoms with E-state index in [9.17, 15) is 0 Å². The van der Waals surface area contributed by atoms with E-state index in [-0.39, 0.29) is 0 Å². The van der Waals surface area contributed by atoms with E-state index in [0.29, 0.717) is 0 Å². The van der Waals surface area contributed by atoms with Gasteiger partial charge in [0.2, 0.25) is 0 Å². The summed E-state index contributed by atoms with van der Waals surface area (Å²) in [5.41, 5.74) is 0. The van der Waals surface area contributed by atoms with Crippen LogP contribution < -0.4 is 0 Å². The molecule has 0 heterocycles. The first-order chi connectivity index (χ1) is 6.65. The summed E-state index contributed by atoms with van der Waals surface area (Å²) >= 11 is 0. The maximum atomic E-state index is 2.50. The molecule has 86 valence electrons. The summed E-state index contributed by atoms with van der Waals surface area (Å²) in [4.78, 5) is 4.85. The van der Waals surface area contributed by atoms with Crippen molar-refractivity contribution in [1.29, 1.82) is 0 Å². The van der Waals surface area contributed by atoms with Crippen LogP contribution in [0.15, 0.2) is 0 Å². The van der Waals surface area contributed by atoms with Crippen molar-refractivity contribution in [2.45, 2.75) is 46.1 Å². The summed E-state index contributed by atoms with van der Waals surface area (Å²) in [6.45, 7) is 10.4. The van der Waals surface area contributed by atoms with Crippen molar-refractivity contribution < 1.29 is 0 Å². The Kier molecular flexibility index (Phi) is 8.20. The van der Waals surface area contributed by atoms with Gasteiger partial charge in [0, 0.05) is 6.04 Å². The maximum absolute atomic E-state index is 2.50. The van der Waals surface area contributed by atoms with Crippen LogP contribution in [0.25, 0.3) is 0 Å². The van der Waals surface area contributed by atoms with Gasteiger partial charge in [-0.05, 0) is 53.0 Å². The zero-order valence-electron chi connectivity index (χ0n) is 10.7. The maximum Gasteiger partial charge on any atom is 0.00870 e. The quantitative estimate of drug-likeness (QED) is 0.594. The van der Waals surface area contributed by atoms with E-state index in [1.807, 2.05) is 0 Å². The molecule has 0 N–H and O–H groups in total. The molecular weight excluding hydrogens is 172 g/mol. The van der Waals surface area contributed by atoms with E-state index in [2.05, 4.69) is 44.7 Å². The van der Waals surface area contributed by atoms with E-state index in [0.717, 1.165) is 6.04 Å². The number of rotatable bonds is 8. The van der Waals surface area contributed by atoms with Crippen LogP contribution >= 0.6 is 0 Å². The van der Waals surface area contributed by atoms with Gasteiger partial charge < -0.3 is 9.80 Å². The fourth-order valence-electron chi connectivity index (χ4n) is 1.92. The van der Waals surface area contributed by atoms with Gasteiger partial charge in [-0.3, -0.25) is 0 Å². The van der Waals surface area contributed by atoms with Crippen molar-refractivity contribution in [3.63, 3.8) is 0 Å². The topological polar surface area (TPSA) is 6.48 Å². The molecule has 0 aliphatic rings. The van der Waals surface area contributed by atoms with Gasteiger partial charge in [0.1, 0.15) is 0 Å². The Bertz CT molecular complexity index is 119. The molecule has 14 heavy (non-hydrogen) atoms. The normalized spacial score (nSPS) is 13.9. The van der Waals surface area contributed by atoms with Gasteiger partial charge in [-0.1, -0.05) is 20.8 Å². The Balaban J connectivity index is 3.59. The molecule has 0 aromatic heterocycles. The van der Waals surface area contributed by atoms with Gasteiger partial charge >= 0.3 is 0 Å². The van der Waals surface area contributed by atoms with Crippen molar-refractivity contribution in [3.05, 3.63) is 0 Å². The Morgan fingerprint density at radius 2 is 1.57 bits per heavy atom. The summed E-state index contributed by atoms with van der Waals surface area (Å²) in [6, 6.07) is 0.769. The van der Waals surface area contributed by atoms with Gasteiger partial charge in [-0.2, -0.15) is 0 Å². The van der Waals surface area contributed by atoms with Gasteiger partial charge in [-0.15, -0.1) is 0 Å². The Morgan fingerprint density at radius 1 is 1.00 bits per heavy atom. The Hall–Kier alpha value is -0.0800. The molecule has 0 radical (unpaired) electrons. The van der Waals surface area contributed by atoms with Crippen LogP contribution in [0.1, 0.15) is 40.0 Å². The molecule has 0 spiro atoms. The Labute approximate surface area is 90.3 Å². The van der Waals surface area contributed by atoms with Crippen LogP contribution in [0, 0.1) is 0 Å². The molecule has 0 aromatic carbocycles. The molecule has 0 aromatic rings. The summed E-state index contributed by atoms with van der Waals surface area (Å²) in [5, 5.41) is 0. The van der Waals surface area contributed by atoms with Crippen LogP contribution in [0.4, 0.5) is 0 Å². The predicted molar refractivity (Wildman–Crippen MR) is 64.8 cm³/mol. The zero-order chi connectivity index (χ0) is 11.0. The molecule has 0 aliphatic carbocycles. The molecule has 0 fully saturated rings. The van der Waals surface area contributed by atoms with E-state index in [1.54, 1.807) is 0 Å². The number of hydrogen-bond donors (Lipinski definition) is 0. The molecule has 1 unspecified atom stereocenters. The molecule has 0 aliphatic heterocycles. The van der Waals surface area contributed by atoms with E-state index < -0.39 is 0 Å². The van der Waals surface area contributed by atoms with E-state index >= 15 is 0 Å². The van der Waals surface area contributed by atoms with Gasteiger partial charge in [0.15, 0.2) is 0 Å². The van der Waals surface area contributed by atoms with Crippen molar-refractivity contribution >= 4 is 0 Å². The second-order valence-electron chi connectivity index (χ2n) is 4.19. The summed E-state index contributed by atoms with van der Waals surface area (Å²) in [6.07, 6.45) is 3.93. The molecule has 2 heteroatoms. The lowest BCUT2D eigenvalue weighted by molar-refractivity contribution is 0.240. The number of hydrogen-bond acceptors (Lipinski definition) is 2. The molecule has 0 saturated carbocycles. The first-order valence-corrected chi connectivity index (χ1v) is 6.04. The van der Waals surface area contributed by atoms with Crippen molar-refractivity contribution in [2.75, 3.05) is 33.7 Å². The molecule has 0 saturated heterocycles. The molecule has 0 amide bonds. The lowest BCUT2D eigenvalue weighted by atomic mass is 10.1. The monoisotopic (exact) mass is 200 g/mol. The predicted octanol–water partition coefficient (Wildman–Crippen LogP) is 2.45. The third-order valence-electron chi connectivity index (χ3n) is 3.11. The van der Waals surface area contributed by atoms with Crippen LogP contribution in [-0.2, 0) is 0 Å². The highest BCUT2D eigenvalue weighted by Gasteiger charge is 2.08. The van der Waals surface area contributed by atoms with E-state index in [1.165, 1.54) is 38.9 Å². The lowest BCUT2D eigenvalue weighted by Gasteiger charge is -2.24. The third-order valence-corrected chi connectivity index (χ3v) is 3.11. The van der Waals surface area contributed by atoms with Crippen LogP contribution in [0.5, 0.6) is 0 Å². The molecule has 2 nitrogen and oxygen atoms in total. The minimum absolute atomic E-state index is 0.769. The summed E-state index contributed by atoms with van der Waals surface area (Å²) in [5.74, 6) is 0. The fourth-order valence-corrected chi connectivity index (χ4v) is 1.92. The van der Waals surface area contributed by atoms with Gasteiger partial charge in [-0.25, -0.2) is 0 Å². The highest BCUT2D eigenvalue weighted by Crippen LogP contribution is 2.07. The minimum atomic E-state index is 0.769. The fraction of sp³-hybridized carbons (Fsp3) is 1.00. The second-order valence-corrected chi connectivity index (χ2v) is 4.19. The molecule has 0 bridgehead atoms. The Morgan fingerprint density at radius 3 is 1.93 bits per heavy atom. The first kappa shape index (κ1) is 13.9. The largest absolute Gasteiger partial charge is 0.306 e.